The largest absolute Gasteiger partial charge is 0.489 e. The highest BCUT2D eigenvalue weighted by Crippen LogP contribution is 2.17. The number of rotatable bonds is 7. The third-order valence-electron chi connectivity index (χ3n) is 3.30. The lowest BCUT2D eigenvalue weighted by Gasteiger charge is -2.07. The number of halogens is 1. The number of pyridine rings is 1. The minimum absolute atomic E-state index is 0.284. The maximum absolute atomic E-state index is 12.5. The van der Waals surface area contributed by atoms with Crippen LogP contribution in [0.25, 0.3) is 5.65 Å². The number of imidazole rings is 1. The molecule has 2 heterocycles. The summed E-state index contributed by atoms with van der Waals surface area (Å²) < 4.78 is 20.1. The van der Waals surface area contributed by atoms with Gasteiger partial charge in [0.25, 0.3) is 0 Å². The van der Waals surface area contributed by atoms with E-state index in [1.807, 2.05) is 35.9 Å². The SMILES string of the molecule is CCCCc1cn2ccc(OC/C(=C/F)CC)cc2n1. The molecule has 20 heavy (non-hydrogen) atoms. The van der Waals surface area contributed by atoms with E-state index in [1.165, 1.54) is 0 Å². The molecule has 2 aromatic heterocycles. The molecule has 0 amide bonds. The summed E-state index contributed by atoms with van der Waals surface area (Å²) in [7, 11) is 0. The molecule has 0 N–H and O–H groups in total. The first kappa shape index (κ1) is 14.6. The van der Waals surface area contributed by atoms with Gasteiger partial charge < -0.3 is 9.14 Å². The number of aromatic nitrogens is 2. The van der Waals surface area contributed by atoms with Crippen LogP contribution in [0.3, 0.4) is 0 Å². The fourth-order valence-electron chi connectivity index (χ4n) is 1.97. The van der Waals surface area contributed by atoms with Crippen molar-refractivity contribution in [1.29, 1.82) is 0 Å². The Morgan fingerprint density at radius 3 is 3.00 bits per heavy atom. The molecule has 2 rings (SSSR count). The van der Waals surface area contributed by atoms with Gasteiger partial charge in [-0.2, -0.15) is 0 Å². The Hall–Kier alpha value is -1.84. The molecule has 0 radical (unpaired) electrons. The normalized spacial score (nSPS) is 12.1. The molecule has 0 unspecified atom stereocenters. The first-order valence-electron chi connectivity index (χ1n) is 7.15. The molecule has 108 valence electrons. The van der Waals surface area contributed by atoms with Crippen molar-refractivity contribution in [2.75, 3.05) is 6.61 Å². The lowest BCUT2D eigenvalue weighted by Crippen LogP contribution is -2.00. The second-order valence-electron chi connectivity index (χ2n) is 4.87. The van der Waals surface area contributed by atoms with E-state index >= 15 is 0 Å². The van der Waals surface area contributed by atoms with E-state index in [1.54, 1.807) is 0 Å². The van der Waals surface area contributed by atoms with Crippen molar-refractivity contribution in [3.8, 4) is 5.75 Å². The van der Waals surface area contributed by atoms with Crippen molar-refractivity contribution in [2.24, 2.45) is 0 Å². The number of aryl methyl sites for hydroxylation is 1. The van der Waals surface area contributed by atoms with Gasteiger partial charge in [-0.3, -0.25) is 0 Å². The van der Waals surface area contributed by atoms with Gasteiger partial charge in [-0.15, -0.1) is 0 Å². The highest BCUT2D eigenvalue weighted by Gasteiger charge is 2.04. The molecule has 0 aromatic carbocycles. The van der Waals surface area contributed by atoms with Crippen molar-refractivity contribution < 1.29 is 9.13 Å². The maximum Gasteiger partial charge on any atom is 0.140 e. The van der Waals surface area contributed by atoms with Crippen LogP contribution in [0.4, 0.5) is 4.39 Å². The standard InChI is InChI=1S/C16H21FN2O/c1-3-5-6-14-11-19-8-7-15(9-16(19)18-14)20-12-13(4-2)10-17/h7-11H,3-6,12H2,1-2H3/b13-10+. The second-order valence-corrected chi connectivity index (χ2v) is 4.87. The number of nitrogens with zero attached hydrogens (tertiary/aromatic N) is 2. The summed E-state index contributed by atoms with van der Waals surface area (Å²) in [6, 6.07) is 3.77. The van der Waals surface area contributed by atoms with Crippen LogP contribution in [0, 0.1) is 0 Å². The van der Waals surface area contributed by atoms with Crippen molar-refractivity contribution >= 4 is 5.65 Å². The van der Waals surface area contributed by atoms with Gasteiger partial charge in [0.1, 0.15) is 18.0 Å². The molecule has 0 bridgehead atoms. The molecule has 3 nitrogen and oxygen atoms in total. The maximum atomic E-state index is 12.5. The highest BCUT2D eigenvalue weighted by atomic mass is 19.1. The monoisotopic (exact) mass is 276 g/mol. The molecule has 0 atom stereocenters. The molecule has 0 aliphatic rings. The summed E-state index contributed by atoms with van der Waals surface area (Å²) in [5, 5.41) is 0. The molecule has 0 aliphatic carbocycles. The van der Waals surface area contributed by atoms with Crippen molar-refractivity contribution in [3.05, 3.63) is 42.1 Å². The Kier molecular flexibility index (Phi) is 5.16. The van der Waals surface area contributed by atoms with Gasteiger partial charge in [-0.05, 0) is 30.9 Å². The van der Waals surface area contributed by atoms with Gasteiger partial charge >= 0.3 is 0 Å². The summed E-state index contributed by atoms with van der Waals surface area (Å²) in [4.78, 5) is 4.57. The van der Waals surface area contributed by atoms with Gasteiger partial charge in [0.05, 0.1) is 12.0 Å². The zero-order chi connectivity index (χ0) is 14.4. The van der Waals surface area contributed by atoms with Crippen LogP contribution in [0.5, 0.6) is 5.75 Å². The van der Waals surface area contributed by atoms with Crippen LogP contribution in [-0.2, 0) is 6.42 Å². The van der Waals surface area contributed by atoms with Crippen LogP contribution in [0.2, 0.25) is 0 Å². The van der Waals surface area contributed by atoms with E-state index in [-0.39, 0.29) is 6.61 Å². The Morgan fingerprint density at radius 2 is 2.30 bits per heavy atom. The number of ether oxygens (including phenoxy) is 1. The summed E-state index contributed by atoms with van der Waals surface area (Å²) in [5.41, 5.74) is 2.62. The topological polar surface area (TPSA) is 26.5 Å². The smallest absolute Gasteiger partial charge is 0.140 e. The molecular formula is C16H21FN2O. The number of hydrogen-bond donors (Lipinski definition) is 0. The van der Waals surface area contributed by atoms with Gasteiger partial charge in [-0.25, -0.2) is 9.37 Å². The number of fused-ring (bicyclic) bond motifs is 1. The third kappa shape index (κ3) is 3.59. The summed E-state index contributed by atoms with van der Waals surface area (Å²) in [6.45, 7) is 4.37. The summed E-state index contributed by atoms with van der Waals surface area (Å²) >= 11 is 0. The lowest BCUT2D eigenvalue weighted by molar-refractivity contribution is 0.345. The molecule has 0 aliphatic heterocycles. The van der Waals surface area contributed by atoms with Crippen LogP contribution < -0.4 is 4.74 Å². The minimum Gasteiger partial charge on any atom is -0.489 e. The predicted molar refractivity (Wildman–Crippen MR) is 78.8 cm³/mol. The fourth-order valence-corrected chi connectivity index (χ4v) is 1.97. The molecule has 0 fully saturated rings. The Labute approximate surface area is 119 Å². The van der Waals surface area contributed by atoms with E-state index in [0.717, 1.165) is 36.4 Å². The highest BCUT2D eigenvalue weighted by molar-refractivity contribution is 5.45. The molecular weight excluding hydrogens is 255 g/mol. The average molecular weight is 276 g/mol. The summed E-state index contributed by atoms with van der Waals surface area (Å²) in [6.07, 6.45) is 8.57. The third-order valence-corrected chi connectivity index (χ3v) is 3.30. The second kappa shape index (κ2) is 7.08. The Bertz CT molecular complexity index is 589. The number of hydrogen-bond acceptors (Lipinski definition) is 2. The van der Waals surface area contributed by atoms with Crippen LogP contribution in [0.15, 0.2) is 36.4 Å². The Morgan fingerprint density at radius 1 is 1.45 bits per heavy atom. The predicted octanol–water partition coefficient (Wildman–Crippen LogP) is 4.32. The first-order valence-corrected chi connectivity index (χ1v) is 7.15. The molecule has 0 saturated heterocycles. The van der Waals surface area contributed by atoms with E-state index in [2.05, 4.69) is 11.9 Å². The zero-order valence-corrected chi connectivity index (χ0v) is 12.1. The lowest BCUT2D eigenvalue weighted by atomic mass is 10.2. The van der Waals surface area contributed by atoms with E-state index in [9.17, 15) is 4.39 Å². The molecule has 2 aromatic rings. The first-order chi connectivity index (χ1) is 9.76. The minimum atomic E-state index is 0.284. The summed E-state index contributed by atoms with van der Waals surface area (Å²) in [5.74, 6) is 0.720. The van der Waals surface area contributed by atoms with Crippen LogP contribution in [0.1, 0.15) is 38.8 Å². The van der Waals surface area contributed by atoms with Crippen LogP contribution in [-0.4, -0.2) is 16.0 Å². The number of unbranched alkanes of at least 4 members (excludes halogenated alkanes) is 1. The van der Waals surface area contributed by atoms with Gasteiger partial charge in [0.2, 0.25) is 0 Å². The van der Waals surface area contributed by atoms with E-state index in [4.69, 9.17) is 4.74 Å². The van der Waals surface area contributed by atoms with E-state index in [0.29, 0.717) is 18.3 Å². The van der Waals surface area contributed by atoms with Crippen molar-refractivity contribution in [2.45, 2.75) is 39.5 Å². The zero-order valence-electron chi connectivity index (χ0n) is 12.1. The van der Waals surface area contributed by atoms with Crippen LogP contribution >= 0.6 is 0 Å². The van der Waals surface area contributed by atoms with Crippen molar-refractivity contribution in [3.63, 3.8) is 0 Å². The Balaban J connectivity index is 2.08. The van der Waals surface area contributed by atoms with Gasteiger partial charge in [0, 0.05) is 18.5 Å². The molecule has 0 spiro atoms. The van der Waals surface area contributed by atoms with Crippen molar-refractivity contribution in [1.82, 2.24) is 9.38 Å². The quantitative estimate of drug-likeness (QED) is 0.753. The fraction of sp³-hybridized carbons (Fsp3) is 0.438. The molecule has 4 heteroatoms. The van der Waals surface area contributed by atoms with Gasteiger partial charge in [-0.1, -0.05) is 20.3 Å². The van der Waals surface area contributed by atoms with E-state index < -0.39 is 0 Å². The molecule has 0 saturated carbocycles. The average Bonchev–Trinajstić information content (AvgIpc) is 2.88. The van der Waals surface area contributed by atoms with Gasteiger partial charge in [0.15, 0.2) is 0 Å².